The van der Waals surface area contributed by atoms with E-state index >= 15 is 0 Å². The van der Waals surface area contributed by atoms with Crippen molar-refractivity contribution in [2.75, 3.05) is 57.7 Å². The van der Waals surface area contributed by atoms with Crippen LogP contribution < -0.4 is 15.4 Å². The van der Waals surface area contributed by atoms with Crippen LogP contribution in [0.1, 0.15) is 98.9 Å². The fourth-order valence-corrected chi connectivity index (χ4v) is 11.3. The van der Waals surface area contributed by atoms with Gasteiger partial charge in [0.2, 0.25) is 11.8 Å². The largest absolute Gasteiger partial charge is 0.494 e. The summed E-state index contributed by atoms with van der Waals surface area (Å²) in [6.45, 7) is 14.5. The monoisotopic (exact) mass is 950 g/mol. The molecule has 4 aliphatic rings. The minimum absolute atomic E-state index is 0.0497. The zero-order valence-electron chi connectivity index (χ0n) is 39.0. The quantitative estimate of drug-likeness (QED) is 0.0657. The number of benzene rings is 3. The lowest BCUT2D eigenvalue weighted by Gasteiger charge is -2.36. The van der Waals surface area contributed by atoms with Gasteiger partial charge in [0.05, 0.1) is 28.4 Å². The summed E-state index contributed by atoms with van der Waals surface area (Å²) in [5.74, 6) is -0.610. The van der Waals surface area contributed by atoms with Gasteiger partial charge < -0.3 is 29.5 Å². The number of carbonyl (C=O) groups is 4. The predicted molar refractivity (Wildman–Crippen MR) is 261 cm³/mol. The van der Waals surface area contributed by atoms with Gasteiger partial charge in [0, 0.05) is 117 Å². The number of aromatic carboxylic acids is 1. The fourth-order valence-electron chi connectivity index (χ4n) is 10.9. The smallest absolute Gasteiger partial charge is 0.352 e. The highest BCUT2D eigenvalue weighted by Crippen LogP contribution is 2.53. The summed E-state index contributed by atoms with van der Waals surface area (Å²) in [5, 5.41) is 23.8. The Balaban J connectivity index is 0.853. The molecule has 1 aliphatic carbocycles. The van der Waals surface area contributed by atoms with Crippen LogP contribution >= 0.6 is 23.2 Å². The number of carboxylic acids is 1. The second-order valence-electron chi connectivity index (χ2n) is 18.8. The number of hydrogen-bond donors (Lipinski definition) is 3. The maximum Gasteiger partial charge on any atom is 0.352 e. The minimum Gasteiger partial charge on any atom is -0.494 e. The zero-order valence-corrected chi connectivity index (χ0v) is 40.5. The van der Waals surface area contributed by atoms with Crippen LogP contribution in [-0.4, -0.2) is 122 Å². The van der Waals surface area contributed by atoms with Gasteiger partial charge in [0.1, 0.15) is 11.4 Å². The molecule has 0 radical (unpaired) electrons. The van der Waals surface area contributed by atoms with Crippen molar-refractivity contribution in [3.05, 3.63) is 97.4 Å². The Hall–Kier alpha value is -5.41. The average Bonchev–Trinajstić information content (AvgIpc) is 4.00. The van der Waals surface area contributed by atoms with Gasteiger partial charge in [-0.1, -0.05) is 41.4 Å². The number of ether oxygens (including phenoxy) is 1. The van der Waals surface area contributed by atoms with Crippen molar-refractivity contribution in [1.82, 2.24) is 34.4 Å². The number of amides is 3. The SMILES string of the molecule is Cc1cc(OCCCc2c(C(=O)O)n(CCN3CCN(CCCNc4cccc5c4C(=O)N(C4CCC(=O)NC(=O)C4)C4CC54)CC3)c3c(-c4c(C)nn(C)c4C)c(Cl)ccc23)cc(C)c1Cl. The number of nitrogens with zero attached hydrogens (tertiary/aromatic N) is 6. The molecule has 1 saturated carbocycles. The first-order chi connectivity index (χ1) is 32.2. The Kier molecular flexibility index (Phi) is 13.4. The molecule has 2 saturated heterocycles. The van der Waals surface area contributed by atoms with E-state index in [9.17, 15) is 24.3 Å². The minimum atomic E-state index is -0.975. The van der Waals surface area contributed by atoms with Crippen LogP contribution in [0.2, 0.25) is 10.0 Å². The van der Waals surface area contributed by atoms with E-state index < -0.39 is 5.97 Å². The Morgan fingerprint density at radius 3 is 2.34 bits per heavy atom. The number of carboxylic acid groups (broad SMARTS) is 1. The molecule has 3 fully saturated rings. The zero-order chi connectivity index (χ0) is 47.3. The lowest BCUT2D eigenvalue weighted by molar-refractivity contribution is -0.129. The van der Waals surface area contributed by atoms with Gasteiger partial charge in [-0.05, 0) is 113 Å². The molecule has 3 aromatic carbocycles. The first kappa shape index (κ1) is 46.7. The van der Waals surface area contributed by atoms with Gasteiger partial charge in [0.25, 0.3) is 5.91 Å². The fraction of sp³-hybridized carbons (Fsp3) is 0.471. The van der Waals surface area contributed by atoms with Gasteiger partial charge in [-0.25, -0.2) is 4.79 Å². The molecule has 2 aromatic heterocycles. The number of piperazine rings is 1. The van der Waals surface area contributed by atoms with E-state index in [1.165, 1.54) is 0 Å². The summed E-state index contributed by atoms with van der Waals surface area (Å²) in [6, 6.07) is 13.6. The number of carbonyl (C=O) groups excluding carboxylic acids is 3. The molecule has 9 rings (SSSR count). The third kappa shape index (κ3) is 9.29. The molecule has 67 heavy (non-hydrogen) atoms. The maximum atomic E-state index is 14.1. The van der Waals surface area contributed by atoms with Crippen molar-refractivity contribution in [2.24, 2.45) is 7.05 Å². The highest BCUT2D eigenvalue weighted by molar-refractivity contribution is 6.35. The molecule has 0 spiro atoms. The van der Waals surface area contributed by atoms with E-state index in [-0.39, 0.29) is 54.3 Å². The van der Waals surface area contributed by atoms with Gasteiger partial charge in [-0.3, -0.25) is 29.3 Å². The Morgan fingerprint density at radius 2 is 1.64 bits per heavy atom. The number of nitrogens with one attached hydrogen (secondary N) is 2. The normalized spacial score (nSPS) is 19.9. The first-order valence-electron chi connectivity index (χ1n) is 23.6. The van der Waals surface area contributed by atoms with Crippen LogP contribution in [0.5, 0.6) is 5.75 Å². The number of imide groups is 1. The number of anilines is 1. The third-order valence-electron chi connectivity index (χ3n) is 14.4. The van der Waals surface area contributed by atoms with Gasteiger partial charge in [0.15, 0.2) is 0 Å². The molecule has 14 nitrogen and oxygen atoms in total. The van der Waals surface area contributed by atoms with Crippen molar-refractivity contribution < 1.29 is 29.0 Å². The summed E-state index contributed by atoms with van der Waals surface area (Å²) in [6.07, 6.45) is 3.76. The Bertz CT molecular complexity index is 2750. The number of hydrogen-bond acceptors (Lipinski definition) is 9. The topological polar surface area (TPSA) is 154 Å². The summed E-state index contributed by atoms with van der Waals surface area (Å²) < 4.78 is 9.99. The second kappa shape index (κ2) is 19.3. The van der Waals surface area contributed by atoms with E-state index in [4.69, 9.17) is 33.0 Å². The highest BCUT2D eigenvalue weighted by Gasteiger charge is 2.53. The maximum absolute atomic E-state index is 14.1. The van der Waals surface area contributed by atoms with E-state index in [1.54, 1.807) is 0 Å². The molecular weight excluding hydrogens is 892 g/mol. The molecular formula is C51H60Cl2N8O6. The molecule has 3 aliphatic heterocycles. The summed E-state index contributed by atoms with van der Waals surface area (Å²) in [4.78, 5) is 58.8. The molecule has 16 heteroatoms. The lowest BCUT2D eigenvalue weighted by atomic mass is 9.94. The molecule has 5 aromatic rings. The number of rotatable bonds is 16. The number of halogens is 2. The van der Waals surface area contributed by atoms with E-state index in [0.717, 1.165) is 118 Å². The van der Waals surface area contributed by atoms with Crippen LogP contribution in [-0.2, 0) is 29.6 Å². The van der Waals surface area contributed by atoms with Crippen LogP contribution in [0.15, 0.2) is 42.5 Å². The van der Waals surface area contributed by atoms with E-state index in [0.29, 0.717) is 56.1 Å². The molecule has 0 bridgehead atoms. The van der Waals surface area contributed by atoms with Crippen LogP contribution in [0.25, 0.3) is 22.0 Å². The molecule has 354 valence electrons. The third-order valence-corrected chi connectivity index (χ3v) is 15.3. The van der Waals surface area contributed by atoms with Gasteiger partial charge in [-0.15, -0.1) is 0 Å². The molecule has 3 amide bonds. The standard InChI is InChI=1S/C51H60Cl2N8O6/c1-29-25-34(26-30(2)47(29)53)67-24-7-10-36-37-13-14-39(52)46(44-31(3)56-57(5)32(44)4)48(37)60(49(36)51(65)66)23-22-59-20-18-58(19-21-59)17-8-16-54-40-11-6-9-35-38-28-41(38)61(50(64)45(35)40)33-12-15-42(62)55-43(63)27-33/h6,9,11,13-14,25-26,33,38,41,54H,7-8,10,12,15-24,27-28H2,1-5H3,(H,65,66)(H,55,62,63). The van der Waals surface area contributed by atoms with Crippen molar-refractivity contribution >= 4 is 63.5 Å². The van der Waals surface area contributed by atoms with Gasteiger partial charge >= 0.3 is 5.97 Å². The number of aryl methyl sites for hydroxylation is 5. The summed E-state index contributed by atoms with van der Waals surface area (Å²) in [7, 11) is 1.91. The Labute approximate surface area is 401 Å². The van der Waals surface area contributed by atoms with Crippen LogP contribution in [0.3, 0.4) is 0 Å². The summed E-state index contributed by atoms with van der Waals surface area (Å²) >= 11 is 13.5. The summed E-state index contributed by atoms with van der Waals surface area (Å²) in [5.41, 5.74) is 9.87. The van der Waals surface area contributed by atoms with Crippen molar-refractivity contribution in [3.8, 4) is 16.9 Å². The van der Waals surface area contributed by atoms with Crippen molar-refractivity contribution in [2.45, 2.75) is 97.2 Å². The molecule has 5 heterocycles. The molecule has 3 unspecified atom stereocenters. The Morgan fingerprint density at radius 1 is 0.910 bits per heavy atom. The predicted octanol–water partition coefficient (Wildman–Crippen LogP) is 7.92. The van der Waals surface area contributed by atoms with E-state index in [2.05, 4.69) is 26.5 Å². The number of aromatic nitrogens is 3. The van der Waals surface area contributed by atoms with Crippen LogP contribution in [0, 0.1) is 27.7 Å². The van der Waals surface area contributed by atoms with Gasteiger partial charge in [-0.2, -0.15) is 5.10 Å². The van der Waals surface area contributed by atoms with Crippen LogP contribution in [0.4, 0.5) is 5.69 Å². The number of fused-ring (bicyclic) bond motifs is 4. The second-order valence-corrected chi connectivity index (χ2v) is 19.6. The lowest BCUT2D eigenvalue weighted by Crippen LogP contribution is -2.47. The molecule has 3 N–H and O–H groups in total. The highest BCUT2D eigenvalue weighted by atomic mass is 35.5. The first-order valence-corrected chi connectivity index (χ1v) is 24.4. The van der Waals surface area contributed by atoms with E-state index in [1.807, 2.05) is 85.3 Å². The average molecular weight is 952 g/mol. The van der Waals surface area contributed by atoms with Crippen molar-refractivity contribution in [1.29, 1.82) is 0 Å². The van der Waals surface area contributed by atoms with Crippen molar-refractivity contribution in [3.63, 3.8) is 0 Å². The molecule has 3 atom stereocenters.